The molecule has 4 rings (SSSR count). The standard InChI is InChI=1S/C19H24N2O3.C10H20O2/c1-21(2)8-7-19-10-12(22)4-6-14(19)15(21)9-11-3-5-13(18(20)24)17(23)16(11)19;1-2-3-4-5-6-7-8-9-10(11)12/h3-6,12,14-15,22H,7-10H2,1-2H3,(H2-,20,23,24);2-9H2,1H3,(H,11,12)/t12?,14?,15-,19+;/m1./s1. The molecule has 2 bridgehead atoms. The number of primary amides is 1. The summed E-state index contributed by atoms with van der Waals surface area (Å²) >= 11 is 0. The Kier molecular flexibility index (Phi) is 9.23. The van der Waals surface area contributed by atoms with Gasteiger partial charge in [0, 0.05) is 35.7 Å². The molecule has 3 aliphatic rings. The van der Waals surface area contributed by atoms with Crippen LogP contribution in [0.5, 0.6) is 5.75 Å². The van der Waals surface area contributed by atoms with Crippen molar-refractivity contribution in [3.05, 3.63) is 41.0 Å². The van der Waals surface area contributed by atoms with Gasteiger partial charge in [0.25, 0.3) is 5.91 Å². The van der Waals surface area contributed by atoms with Crippen LogP contribution in [0.4, 0.5) is 0 Å². The molecule has 1 amide bonds. The zero-order valence-electron chi connectivity index (χ0n) is 22.2. The minimum Gasteiger partial charge on any atom is -0.550 e. The fraction of sp³-hybridized carbons (Fsp3) is 0.655. The number of nitrogens with two attached hydrogens (primary N) is 1. The molecule has 0 aromatic heterocycles. The second kappa shape index (κ2) is 11.8. The number of unbranched alkanes of at least 4 members (excludes halogenated alkanes) is 6. The molecule has 2 unspecified atom stereocenters. The Hall–Kier alpha value is -2.38. The Morgan fingerprint density at radius 3 is 2.42 bits per heavy atom. The summed E-state index contributed by atoms with van der Waals surface area (Å²) in [6.45, 7) is 3.18. The van der Waals surface area contributed by atoms with E-state index in [1.54, 1.807) is 6.07 Å². The van der Waals surface area contributed by atoms with Crippen LogP contribution in [-0.2, 0) is 16.6 Å². The van der Waals surface area contributed by atoms with E-state index in [4.69, 9.17) is 5.73 Å². The predicted octanol–water partition coefficient (Wildman–Crippen LogP) is 2.95. The van der Waals surface area contributed by atoms with Crippen LogP contribution in [0.25, 0.3) is 0 Å². The van der Waals surface area contributed by atoms with Crippen LogP contribution in [0.2, 0.25) is 0 Å². The highest BCUT2D eigenvalue weighted by atomic mass is 16.4. The predicted molar refractivity (Wildman–Crippen MR) is 138 cm³/mol. The molecule has 0 radical (unpaired) electrons. The number of aromatic hydroxyl groups is 1. The maximum absolute atomic E-state index is 11.7. The minimum atomic E-state index is -0.913. The number of fused-ring (bicyclic) bond motifs is 1. The Labute approximate surface area is 215 Å². The zero-order valence-corrected chi connectivity index (χ0v) is 22.2. The maximum atomic E-state index is 11.7. The number of carboxylic acid groups (broad SMARTS) is 1. The van der Waals surface area contributed by atoms with E-state index in [0.717, 1.165) is 47.8 Å². The Morgan fingerprint density at radius 2 is 1.78 bits per heavy atom. The van der Waals surface area contributed by atoms with Crippen molar-refractivity contribution in [2.75, 3.05) is 20.6 Å². The molecule has 1 saturated heterocycles. The number of amides is 1. The smallest absolute Gasteiger partial charge is 0.252 e. The summed E-state index contributed by atoms with van der Waals surface area (Å²) in [6.07, 6.45) is 14.2. The number of phenols is 1. The molecule has 0 saturated carbocycles. The molecular weight excluding hydrogens is 456 g/mol. The molecule has 1 aromatic rings. The number of rotatable bonds is 9. The topological polar surface area (TPSA) is 124 Å². The number of aliphatic hydroxyl groups is 1. The number of likely N-dealkylation sites (tertiary alicyclic amines) is 1. The van der Waals surface area contributed by atoms with E-state index in [1.807, 2.05) is 12.1 Å². The van der Waals surface area contributed by atoms with Crippen molar-refractivity contribution in [3.8, 4) is 5.75 Å². The van der Waals surface area contributed by atoms with E-state index in [0.29, 0.717) is 12.5 Å². The third-order valence-corrected chi connectivity index (χ3v) is 8.64. The molecule has 1 heterocycles. The van der Waals surface area contributed by atoms with Crippen LogP contribution >= 0.6 is 0 Å². The first kappa shape index (κ1) is 28.2. The summed E-state index contributed by atoms with van der Waals surface area (Å²) in [4.78, 5) is 21.7. The number of piperidine rings is 1. The summed E-state index contributed by atoms with van der Waals surface area (Å²) < 4.78 is 0.935. The van der Waals surface area contributed by atoms with Crippen LogP contribution < -0.4 is 10.8 Å². The van der Waals surface area contributed by atoms with Crippen LogP contribution in [0.1, 0.15) is 92.6 Å². The Balaban J connectivity index is 0.000000257. The second-order valence-corrected chi connectivity index (χ2v) is 11.5. The van der Waals surface area contributed by atoms with Crippen molar-refractivity contribution in [2.24, 2.45) is 11.7 Å². The first-order valence-corrected chi connectivity index (χ1v) is 13.6. The maximum Gasteiger partial charge on any atom is 0.252 e. The normalized spacial score (nSPS) is 27.3. The average molecular weight is 501 g/mol. The molecule has 36 heavy (non-hydrogen) atoms. The largest absolute Gasteiger partial charge is 0.550 e. The third kappa shape index (κ3) is 5.94. The fourth-order valence-electron chi connectivity index (χ4n) is 6.64. The number of carbonyl (C=O) groups excluding carboxylic acids is 2. The number of hydrogen-bond donors (Lipinski definition) is 3. The molecule has 4 N–H and O–H groups in total. The number of likely N-dealkylation sites (N-methyl/N-ethyl adjacent to an activating group) is 1. The first-order chi connectivity index (χ1) is 17.0. The molecule has 7 heteroatoms. The van der Waals surface area contributed by atoms with E-state index in [-0.39, 0.29) is 29.1 Å². The van der Waals surface area contributed by atoms with Gasteiger partial charge in [-0.1, -0.05) is 63.7 Å². The van der Waals surface area contributed by atoms with Crippen molar-refractivity contribution < 1.29 is 29.4 Å². The van der Waals surface area contributed by atoms with Crippen LogP contribution in [0.3, 0.4) is 0 Å². The second-order valence-electron chi connectivity index (χ2n) is 11.5. The number of benzene rings is 1. The third-order valence-electron chi connectivity index (χ3n) is 8.64. The SMILES string of the molecule is CCCCCCCCCC(=O)[O-].C[N+]1(C)CC[C@]23CC(O)C=CC2[C@H]1Cc1ccc(C(N)=O)c(O)c13. The highest BCUT2D eigenvalue weighted by molar-refractivity contribution is 5.96. The molecule has 0 spiro atoms. The van der Waals surface area contributed by atoms with Gasteiger partial charge in [0.2, 0.25) is 0 Å². The molecule has 1 aliphatic heterocycles. The molecule has 2 aliphatic carbocycles. The van der Waals surface area contributed by atoms with Crippen LogP contribution in [0.15, 0.2) is 24.3 Å². The highest BCUT2D eigenvalue weighted by Gasteiger charge is 2.59. The molecule has 1 fully saturated rings. The van der Waals surface area contributed by atoms with E-state index in [1.165, 1.54) is 32.1 Å². The highest BCUT2D eigenvalue weighted by Crippen LogP contribution is 2.57. The number of carbonyl (C=O) groups is 2. The summed E-state index contributed by atoms with van der Waals surface area (Å²) in [5, 5.41) is 31.2. The Morgan fingerprint density at radius 1 is 1.11 bits per heavy atom. The molecular formula is C29H44N2O5. The van der Waals surface area contributed by atoms with E-state index >= 15 is 0 Å². The summed E-state index contributed by atoms with van der Waals surface area (Å²) in [6, 6.07) is 3.99. The number of aliphatic hydroxyl groups excluding tert-OH is 1. The van der Waals surface area contributed by atoms with Crippen molar-refractivity contribution in [1.82, 2.24) is 0 Å². The zero-order chi connectivity index (χ0) is 26.5. The lowest BCUT2D eigenvalue weighted by molar-refractivity contribution is -0.926. The molecule has 200 valence electrons. The van der Waals surface area contributed by atoms with Gasteiger partial charge in [-0.05, 0) is 30.9 Å². The summed E-state index contributed by atoms with van der Waals surface area (Å²) in [5.41, 5.74) is 7.26. The van der Waals surface area contributed by atoms with Crippen molar-refractivity contribution in [2.45, 2.75) is 95.1 Å². The molecule has 1 aromatic carbocycles. The van der Waals surface area contributed by atoms with Gasteiger partial charge in [0.15, 0.2) is 0 Å². The molecule has 4 atom stereocenters. The van der Waals surface area contributed by atoms with Gasteiger partial charge in [0.05, 0.1) is 38.3 Å². The van der Waals surface area contributed by atoms with E-state index in [2.05, 4.69) is 27.1 Å². The average Bonchev–Trinajstić information content (AvgIpc) is 2.81. The summed E-state index contributed by atoms with van der Waals surface area (Å²) in [7, 11) is 4.52. The lowest BCUT2D eigenvalue weighted by Crippen LogP contribution is -2.67. The minimum absolute atomic E-state index is 0.0261. The number of nitrogens with zero attached hydrogens (tertiary/aromatic N) is 1. The number of carboxylic acids is 1. The van der Waals surface area contributed by atoms with E-state index in [9.17, 15) is 24.9 Å². The van der Waals surface area contributed by atoms with E-state index < -0.39 is 18.0 Å². The Bertz CT molecular complexity index is 973. The number of aliphatic carboxylic acids is 1. The fourth-order valence-corrected chi connectivity index (χ4v) is 6.64. The van der Waals surface area contributed by atoms with Crippen molar-refractivity contribution in [3.63, 3.8) is 0 Å². The van der Waals surface area contributed by atoms with Gasteiger partial charge in [-0.2, -0.15) is 0 Å². The van der Waals surface area contributed by atoms with Crippen LogP contribution in [-0.4, -0.2) is 59.4 Å². The number of quaternary nitrogens is 1. The lowest BCUT2D eigenvalue weighted by Gasteiger charge is -2.59. The lowest BCUT2D eigenvalue weighted by atomic mass is 9.53. The van der Waals surface area contributed by atoms with Gasteiger partial charge in [-0.3, -0.25) is 4.79 Å². The van der Waals surface area contributed by atoms with Gasteiger partial charge in [0.1, 0.15) is 5.75 Å². The van der Waals surface area contributed by atoms with Crippen molar-refractivity contribution >= 4 is 11.9 Å². The quantitative estimate of drug-likeness (QED) is 0.273. The van der Waals surface area contributed by atoms with Gasteiger partial charge < -0.3 is 30.3 Å². The first-order valence-electron chi connectivity index (χ1n) is 13.6. The van der Waals surface area contributed by atoms with Gasteiger partial charge in [-0.25, -0.2) is 0 Å². The van der Waals surface area contributed by atoms with Crippen LogP contribution in [0, 0.1) is 5.92 Å². The molecule has 7 nitrogen and oxygen atoms in total. The monoisotopic (exact) mass is 500 g/mol. The van der Waals surface area contributed by atoms with Gasteiger partial charge >= 0.3 is 0 Å². The number of hydrogen-bond acceptors (Lipinski definition) is 5. The summed E-state index contributed by atoms with van der Waals surface area (Å²) in [5.74, 6) is -1.24. The van der Waals surface area contributed by atoms with Gasteiger partial charge in [-0.15, -0.1) is 0 Å². The van der Waals surface area contributed by atoms with Crippen molar-refractivity contribution in [1.29, 1.82) is 0 Å².